The van der Waals surface area contributed by atoms with E-state index in [0.717, 1.165) is 6.04 Å². The van der Waals surface area contributed by atoms with Gasteiger partial charge in [0.2, 0.25) is 0 Å². The van der Waals surface area contributed by atoms with E-state index < -0.39 is 0 Å². The van der Waals surface area contributed by atoms with Crippen LogP contribution in [0.25, 0.3) is 0 Å². The van der Waals surface area contributed by atoms with Gasteiger partial charge in [0.05, 0.1) is 0 Å². The van der Waals surface area contributed by atoms with Crippen molar-refractivity contribution >= 4 is 0 Å². The molecule has 0 radical (unpaired) electrons. The van der Waals surface area contributed by atoms with E-state index in [1.165, 1.54) is 44.2 Å². The minimum Gasteiger partial charge on any atom is -0.290 e. The SMILES string of the molecule is C[C@H](c1ccccc1)N1CCCC2=CCCC[C@@H]21. The summed E-state index contributed by atoms with van der Waals surface area (Å²) < 4.78 is 0. The first kappa shape index (κ1) is 12.0. The summed E-state index contributed by atoms with van der Waals surface area (Å²) in [5, 5.41) is 0. The third-order valence-corrected chi connectivity index (χ3v) is 4.58. The zero-order valence-corrected chi connectivity index (χ0v) is 11.3. The van der Waals surface area contributed by atoms with Gasteiger partial charge in [-0.15, -0.1) is 0 Å². The largest absolute Gasteiger partial charge is 0.290 e. The average Bonchev–Trinajstić information content (AvgIpc) is 2.47. The third-order valence-electron chi connectivity index (χ3n) is 4.58. The predicted molar refractivity (Wildman–Crippen MR) is 76.5 cm³/mol. The molecule has 1 fully saturated rings. The van der Waals surface area contributed by atoms with Crippen LogP contribution in [0.2, 0.25) is 0 Å². The van der Waals surface area contributed by atoms with Crippen molar-refractivity contribution in [3.8, 4) is 0 Å². The van der Waals surface area contributed by atoms with Gasteiger partial charge in [0.25, 0.3) is 0 Å². The Morgan fingerprint density at radius 1 is 1.17 bits per heavy atom. The Kier molecular flexibility index (Phi) is 3.51. The lowest BCUT2D eigenvalue weighted by molar-refractivity contribution is 0.127. The summed E-state index contributed by atoms with van der Waals surface area (Å²) in [4.78, 5) is 2.73. The molecule has 1 aliphatic carbocycles. The molecule has 1 heteroatoms. The molecule has 0 unspecified atom stereocenters. The Balaban J connectivity index is 1.82. The lowest BCUT2D eigenvalue weighted by Gasteiger charge is -2.43. The van der Waals surface area contributed by atoms with Crippen LogP contribution >= 0.6 is 0 Å². The number of hydrogen-bond donors (Lipinski definition) is 0. The van der Waals surface area contributed by atoms with Crippen LogP contribution in [0.4, 0.5) is 0 Å². The van der Waals surface area contributed by atoms with E-state index >= 15 is 0 Å². The first-order valence-electron chi connectivity index (χ1n) is 7.36. The van der Waals surface area contributed by atoms with Crippen LogP contribution in [0, 0.1) is 0 Å². The van der Waals surface area contributed by atoms with E-state index in [1.807, 2.05) is 0 Å². The van der Waals surface area contributed by atoms with Crippen molar-refractivity contribution in [1.29, 1.82) is 0 Å². The quantitative estimate of drug-likeness (QED) is 0.697. The van der Waals surface area contributed by atoms with E-state index in [0.29, 0.717) is 6.04 Å². The number of fused-ring (bicyclic) bond motifs is 1. The normalized spacial score (nSPS) is 26.3. The van der Waals surface area contributed by atoms with Gasteiger partial charge in [-0.3, -0.25) is 4.90 Å². The van der Waals surface area contributed by atoms with Crippen molar-refractivity contribution in [1.82, 2.24) is 4.90 Å². The standard InChI is InChI=1S/C17H23N/c1-14(15-8-3-2-4-9-15)18-13-7-11-16-10-5-6-12-17(16)18/h2-4,8-10,14,17H,5-7,11-13H2,1H3/t14-,17+/m1/s1. The molecule has 0 aromatic heterocycles. The fourth-order valence-corrected chi connectivity index (χ4v) is 3.58. The Morgan fingerprint density at radius 3 is 2.83 bits per heavy atom. The molecule has 1 aliphatic heterocycles. The van der Waals surface area contributed by atoms with Crippen molar-refractivity contribution in [2.75, 3.05) is 6.54 Å². The van der Waals surface area contributed by atoms with Crippen molar-refractivity contribution in [3.63, 3.8) is 0 Å². The first-order chi connectivity index (χ1) is 8.86. The molecule has 0 spiro atoms. The first-order valence-corrected chi connectivity index (χ1v) is 7.36. The highest BCUT2D eigenvalue weighted by atomic mass is 15.2. The Morgan fingerprint density at radius 2 is 2.00 bits per heavy atom. The number of rotatable bonds is 2. The summed E-state index contributed by atoms with van der Waals surface area (Å²) in [5.74, 6) is 0. The summed E-state index contributed by atoms with van der Waals surface area (Å²) in [5.41, 5.74) is 3.18. The lowest BCUT2D eigenvalue weighted by atomic mass is 9.85. The molecule has 2 atom stereocenters. The Hall–Kier alpha value is -1.08. The second-order valence-electron chi connectivity index (χ2n) is 5.65. The highest BCUT2D eigenvalue weighted by Gasteiger charge is 2.31. The zero-order valence-electron chi connectivity index (χ0n) is 11.3. The maximum absolute atomic E-state index is 2.73. The highest BCUT2D eigenvalue weighted by Crippen LogP contribution is 2.36. The molecular formula is C17H23N. The van der Waals surface area contributed by atoms with E-state index in [2.05, 4.69) is 48.2 Å². The van der Waals surface area contributed by atoms with Gasteiger partial charge in [-0.2, -0.15) is 0 Å². The molecule has 96 valence electrons. The Bertz CT molecular complexity index is 420. The van der Waals surface area contributed by atoms with Gasteiger partial charge < -0.3 is 0 Å². The fraction of sp³-hybridized carbons (Fsp3) is 0.529. The van der Waals surface area contributed by atoms with Crippen LogP contribution in [0.3, 0.4) is 0 Å². The number of hydrogen-bond acceptors (Lipinski definition) is 1. The maximum Gasteiger partial charge on any atom is 0.0325 e. The van der Waals surface area contributed by atoms with Gasteiger partial charge in [0.1, 0.15) is 0 Å². The molecule has 2 aliphatic rings. The molecule has 0 amide bonds. The third kappa shape index (κ3) is 2.24. The van der Waals surface area contributed by atoms with Crippen LogP contribution < -0.4 is 0 Å². The van der Waals surface area contributed by atoms with Gasteiger partial charge in [0.15, 0.2) is 0 Å². The summed E-state index contributed by atoms with van der Waals surface area (Å²) >= 11 is 0. The topological polar surface area (TPSA) is 3.24 Å². The van der Waals surface area contributed by atoms with Gasteiger partial charge in [0, 0.05) is 12.1 Å². The van der Waals surface area contributed by atoms with Gasteiger partial charge in [-0.05, 0) is 51.1 Å². The number of piperidine rings is 1. The van der Waals surface area contributed by atoms with Gasteiger partial charge >= 0.3 is 0 Å². The monoisotopic (exact) mass is 241 g/mol. The van der Waals surface area contributed by atoms with Crippen LogP contribution in [-0.4, -0.2) is 17.5 Å². The average molecular weight is 241 g/mol. The van der Waals surface area contributed by atoms with Crippen molar-refractivity contribution < 1.29 is 0 Å². The van der Waals surface area contributed by atoms with E-state index in [9.17, 15) is 0 Å². The molecule has 1 aromatic carbocycles. The van der Waals surface area contributed by atoms with Gasteiger partial charge in [-0.25, -0.2) is 0 Å². The van der Waals surface area contributed by atoms with Crippen LogP contribution in [-0.2, 0) is 0 Å². The van der Waals surface area contributed by atoms with E-state index in [4.69, 9.17) is 0 Å². The summed E-state index contributed by atoms with van der Waals surface area (Å²) in [6.45, 7) is 3.63. The number of allylic oxidation sites excluding steroid dienone is 1. The fourth-order valence-electron chi connectivity index (χ4n) is 3.58. The van der Waals surface area contributed by atoms with Gasteiger partial charge in [-0.1, -0.05) is 42.0 Å². The van der Waals surface area contributed by atoms with E-state index in [1.54, 1.807) is 5.57 Å². The molecule has 0 N–H and O–H groups in total. The van der Waals surface area contributed by atoms with Crippen LogP contribution in [0.15, 0.2) is 42.0 Å². The molecular weight excluding hydrogens is 218 g/mol. The molecule has 3 rings (SSSR count). The summed E-state index contributed by atoms with van der Waals surface area (Å²) in [6.07, 6.45) is 9.22. The second-order valence-corrected chi connectivity index (χ2v) is 5.65. The molecule has 1 aromatic rings. The van der Waals surface area contributed by atoms with Crippen molar-refractivity contribution in [2.45, 2.75) is 51.1 Å². The smallest absolute Gasteiger partial charge is 0.0325 e. The molecule has 18 heavy (non-hydrogen) atoms. The Labute approximate surface area is 111 Å². The van der Waals surface area contributed by atoms with Crippen LogP contribution in [0.5, 0.6) is 0 Å². The minimum absolute atomic E-state index is 0.554. The number of nitrogens with zero attached hydrogens (tertiary/aromatic N) is 1. The molecule has 0 bridgehead atoms. The zero-order chi connectivity index (χ0) is 12.4. The maximum atomic E-state index is 2.73. The van der Waals surface area contributed by atoms with E-state index in [-0.39, 0.29) is 0 Å². The van der Waals surface area contributed by atoms with Crippen molar-refractivity contribution in [3.05, 3.63) is 47.5 Å². The minimum atomic E-state index is 0.554. The highest BCUT2D eigenvalue weighted by molar-refractivity contribution is 5.22. The lowest BCUT2D eigenvalue weighted by Crippen LogP contribution is -2.43. The second kappa shape index (κ2) is 5.27. The summed E-state index contributed by atoms with van der Waals surface area (Å²) in [6, 6.07) is 12.2. The van der Waals surface area contributed by atoms with Crippen LogP contribution in [0.1, 0.15) is 50.6 Å². The molecule has 1 nitrogen and oxygen atoms in total. The number of likely N-dealkylation sites (tertiary alicyclic amines) is 1. The molecule has 1 heterocycles. The number of benzene rings is 1. The molecule has 0 saturated carbocycles. The predicted octanol–water partition coefficient (Wildman–Crippen LogP) is 4.32. The van der Waals surface area contributed by atoms with Crippen molar-refractivity contribution in [2.24, 2.45) is 0 Å². The molecule has 1 saturated heterocycles. The summed E-state index contributed by atoms with van der Waals surface area (Å²) in [7, 11) is 0.